The third-order valence-electron chi connectivity index (χ3n) is 6.03. The minimum Gasteiger partial charge on any atom is -0.496 e. The molecule has 2 heterocycles. The van der Waals surface area contributed by atoms with E-state index in [0.29, 0.717) is 23.4 Å². The number of nitrogens with one attached hydrogen (secondary N) is 1. The van der Waals surface area contributed by atoms with Gasteiger partial charge in [-0.2, -0.15) is 0 Å². The van der Waals surface area contributed by atoms with Gasteiger partial charge in [-0.05, 0) is 35.0 Å². The Labute approximate surface area is 195 Å². The molecule has 1 saturated heterocycles. The Morgan fingerprint density at radius 1 is 1.09 bits per heavy atom. The molecule has 0 aliphatic carbocycles. The molecule has 0 saturated carbocycles. The van der Waals surface area contributed by atoms with Gasteiger partial charge >= 0.3 is 0 Å². The molecule has 1 N–H and O–H groups in total. The average Bonchev–Trinajstić information content (AvgIpc) is 3.29. The largest absolute Gasteiger partial charge is 0.496 e. The van der Waals surface area contributed by atoms with Crippen LogP contribution in [0, 0.1) is 5.82 Å². The molecule has 1 aromatic heterocycles. The van der Waals surface area contributed by atoms with E-state index in [1.165, 1.54) is 17.4 Å². The molecular formula is C25H25FN4O2S. The van der Waals surface area contributed by atoms with Crippen molar-refractivity contribution in [1.29, 1.82) is 0 Å². The van der Waals surface area contributed by atoms with Crippen molar-refractivity contribution in [3.8, 4) is 5.75 Å². The van der Waals surface area contributed by atoms with Crippen molar-refractivity contribution in [2.75, 3.05) is 51.3 Å². The maximum absolute atomic E-state index is 14.0. The molecule has 0 spiro atoms. The zero-order valence-electron chi connectivity index (χ0n) is 18.4. The molecule has 170 valence electrons. The zero-order chi connectivity index (χ0) is 22.8. The maximum Gasteiger partial charge on any atom is 0.255 e. The number of hydrogen-bond acceptors (Lipinski definition) is 6. The third-order valence-corrected chi connectivity index (χ3v) is 7.11. The first kappa shape index (κ1) is 21.6. The molecule has 8 heteroatoms. The van der Waals surface area contributed by atoms with E-state index in [1.807, 2.05) is 42.5 Å². The van der Waals surface area contributed by atoms with Gasteiger partial charge in [0.25, 0.3) is 5.91 Å². The van der Waals surface area contributed by atoms with Crippen LogP contribution in [0.2, 0.25) is 0 Å². The Morgan fingerprint density at radius 3 is 2.58 bits per heavy atom. The van der Waals surface area contributed by atoms with Gasteiger partial charge in [-0.15, -0.1) is 0 Å². The summed E-state index contributed by atoms with van der Waals surface area (Å²) in [6.45, 7) is 4.72. The molecule has 33 heavy (non-hydrogen) atoms. The van der Waals surface area contributed by atoms with Gasteiger partial charge in [0.1, 0.15) is 17.1 Å². The van der Waals surface area contributed by atoms with Gasteiger partial charge in [0.2, 0.25) is 0 Å². The highest BCUT2D eigenvalue weighted by molar-refractivity contribution is 7.22. The smallest absolute Gasteiger partial charge is 0.255 e. The fourth-order valence-corrected chi connectivity index (χ4v) is 5.22. The Morgan fingerprint density at radius 2 is 1.85 bits per heavy atom. The second kappa shape index (κ2) is 9.33. The zero-order valence-corrected chi connectivity index (χ0v) is 19.2. The molecule has 0 radical (unpaired) electrons. The van der Waals surface area contributed by atoms with E-state index in [9.17, 15) is 9.18 Å². The highest BCUT2D eigenvalue weighted by Crippen LogP contribution is 2.30. The van der Waals surface area contributed by atoms with Gasteiger partial charge in [0.15, 0.2) is 5.13 Å². The molecule has 6 nitrogen and oxygen atoms in total. The summed E-state index contributed by atoms with van der Waals surface area (Å²) in [5.74, 6) is 0.173. The Hall–Kier alpha value is -3.23. The summed E-state index contributed by atoms with van der Waals surface area (Å²) < 4.78 is 20.3. The third kappa shape index (κ3) is 4.49. The van der Waals surface area contributed by atoms with Crippen LogP contribution < -0.4 is 15.0 Å². The predicted molar refractivity (Wildman–Crippen MR) is 131 cm³/mol. The van der Waals surface area contributed by atoms with Crippen LogP contribution in [0.4, 0.5) is 9.52 Å². The highest BCUT2D eigenvalue weighted by atomic mass is 32.1. The minimum absolute atomic E-state index is 0.132. The van der Waals surface area contributed by atoms with Gasteiger partial charge < -0.3 is 15.0 Å². The lowest BCUT2D eigenvalue weighted by Crippen LogP contribution is -2.48. The first-order valence-corrected chi connectivity index (χ1v) is 11.8. The summed E-state index contributed by atoms with van der Waals surface area (Å²) in [4.78, 5) is 21.8. The number of ether oxygens (including phenoxy) is 1. The topological polar surface area (TPSA) is 57.7 Å². The number of hydrogen-bond donors (Lipinski definition) is 1. The van der Waals surface area contributed by atoms with Gasteiger partial charge in [0.05, 0.1) is 17.4 Å². The lowest BCUT2D eigenvalue weighted by Gasteiger charge is -2.34. The van der Waals surface area contributed by atoms with E-state index in [-0.39, 0.29) is 11.7 Å². The molecule has 5 rings (SSSR count). The molecule has 3 aromatic carbocycles. The number of para-hydroxylation sites is 1. The minimum atomic E-state index is -0.271. The van der Waals surface area contributed by atoms with Crippen LogP contribution in [0.25, 0.3) is 21.0 Å². The number of anilines is 1. The standard InChI is InChI=1S/C25H25FN4O2S/c1-32-21-16-18-6-3-2-5-17(18)15-19(21)24(31)27-9-10-29-11-13-30(14-12-29)25-28-23-20(26)7-4-8-22(23)33-25/h2-8,15-16H,9-14H2,1H3,(H,27,31). The lowest BCUT2D eigenvalue weighted by atomic mass is 10.1. The van der Waals surface area contributed by atoms with Crippen LogP contribution in [0.1, 0.15) is 10.4 Å². The number of thiazole rings is 1. The molecule has 0 bridgehead atoms. The number of piperazine rings is 1. The van der Waals surface area contributed by atoms with E-state index in [1.54, 1.807) is 13.2 Å². The molecule has 0 unspecified atom stereocenters. The lowest BCUT2D eigenvalue weighted by molar-refractivity contribution is 0.0945. The number of aromatic nitrogens is 1. The van der Waals surface area contributed by atoms with E-state index in [0.717, 1.165) is 53.3 Å². The van der Waals surface area contributed by atoms with Crippen LogP contribution in [0.3, 0.4) is 0 Å². The molecule has 4 aromatic rings. The van der Waals surface area contributed by atoms with Crippen molar-refractivity contribution in [3.63, 3.8) is 0 Å². The second-order valence-corrected chi connectivity index (χ2v) is 9.08. The van der Waals surface area contributed by atoms with Crippen LogP contribution >= 0.6 is 11.3 Å². The van der Waals surface area contributed by atoms with Gasteiger partial charge in [0, 0.05) is 39.3 Å². The number of amides is 1. The summed E-state index contributed by atoms with van der Waals surface area (Å²) >= 11 is 1.53. The number of nitrogens with zero attached hydrogens (tertiary/aromatic N) is 3. The summed E-state index contributed by atoms with van der Waals surface area (Å²) in [6.07, 6.45) is 0. The number of rotatable bonds is 6. The quantitative estimate of drug-likeness (QED) is 0.465. The second-order valence-electron chi connectivity index (χ2n) is 8.07. The van der Waals surface area contributed by atoms with E-state index < -0.39 is 0 Å². The Kier molecular flexibility index (Phi) is 6.11. The van der Waals surface area contributed by atoms with E-state index >= 15 is 0 Å². The predicted octanol–water partition coefficient (Wildman–Crippen LogP) is 4.15. The van der Waals surface area contributed by atoms with Crippen molar-refractivity contribution in [2.24, 2.45) is 0 Å². The van der Waals surface area contributed by atoms with Crippen molar-refractivity contribution in [3.05, 3.63) is 66.0 Å². The van der Waals surface area contributed by atoms with Crippen LogP contribution in [-0.4, -0.2) is 62.2 Å². The first-order valence-electron chi connectivity index (χ1n) is 11.0. The Balaban J connectivity index is 1.15. The van der Waals surface area contributed by atoms with Crippen LogP contribution in [0.15, 0.2) is 54.6 Å². The fraction of sp³-hybridized carbons (Fsp3) is 0.280. The molecule has 1 aliphatic rings. The number of carbonyl (C=O) groups excluding carboxylic acids is 1. The fourth-order valence-electron chi connectivity index (χ4n) is 4.19. The van der Waals surface area contributed by atoms with E-state index in [2.05, 4.69) is 20.1 Å². The number of carbonyl (C=O) groups is 1. The first-order chi connectivity index (χ1) is 16.1. The number of methoxy groups -OCH3 is 1. The maximum atomic E-state index is 14.0. The van der Waals surface area contributed by atoms with Crippen LogP contribution in [-0.2, 0) is 0 Å². The SMILES string of the molecule is COc1cc2ccccc2cc1C(=O)NCCN1CCN(c2nc3c(F)cccc3s2)CC1. The van der Waals surface area contributed by atoms with Crippen molar-refractivity contribution in [1.82, 2.24) is 15.2 Å². The van der Waals surface area contributed by atoms with Crippen LogP contribution in [0.5, 0.6) is 5.75 Å². The number of fused-ring (bicyclic) bond motifs is 2. The molecular weight excluding hydrogens is 439 g/mol. The van der Waals surface area contributed by atoms with Crippen molar-refractivity contribution in [2.45, 2.75) is 0 Å². The molecule has 1 fully saturated rings. The normalized spacial score (nSPS) is 14.7. The monoisotopic (exact) mass is 464 g/mol. The molecule has 1 aliphatic heterocycles. The summed E-state index contributed by atoms with van der Waals surface area (Å²) in [5, 5.41) is 5.94. The molecule has 0 atom stereocenters. The van der Waals surface area contributed by atoms with E-state index in [4.69, 9.17) is 4.74 Å². The summed E-state index contributed by atoms with van der Waals surface area (Å²) in [6, 6.07) is 16.8. The van der Waals surface area contributed by atoms with Gasteiger partial charge in [-0.3, -0.25) is 9.69 Å². The number of benzene rings is 3. The Bertz CT molecular complexity index is 1300. The van der Waals surface area contributed by atoms with Gasteiger partial charge in [-0.25, -0.2) is 9.37 Å². The summed E-state index contributed by atoms with van der Waals surface area (Å²) in [7, 11) is 1.58. The van der Waals surface area contributed by atoms with Crippen molar-refractivity contribution >= 4 is 43.4 Å². The van der Waals surface area contributed by atoms with Crippen molar-refractivity contribution < 1.29 is 13.9 Å². The number of halogens is 1. The molecule has 1 amide bonds. The highest BCUT2D eigenvalue weighted by Gasteiger charge is 2.21. The average molecular weight is 465 g/mol. The summed E-state index contributed by atoms with van der Waals surface area (Å²) in [5.41, 5.74) is 0.996. The van der Waals surface area contributed by atoms with Gasteiger partial charge in [-0.1, -0.05) is 41.7 Å².